The van der Waals surface area contributed by atoms with Gasteiger partial charge < -0.3 is 87.3 Å². The molecule has 0 spiro atoms. The number of aliphatic carboxylic acids is 9. The van der Waals surface area contributed by atoms with Crippen LogP contribution < -0.4 is 42.3 Å². The van der Waals surface area contributed by atoms with E-state index in [0.717, 1.165) is 5.56 Å². The van der Waals surface area contributed by atoms with E-state index in [1.165, 1.54) is 17.0 Å². The van der Waals surface area contributed by atoms with E-state index < -0.39 is 122 Å². The number of hydrazine groups is 2. The van der Waals surface area contributed by atoms with E-state index in [4.69, 9.17) is 9.84 Å². The maximum Gasteiger partial charge on any atom is 0.326 e. The van der Waals surface area contributed by atoms with Crippen LogP contribution in [-0.2, 0) is 77.2 Å². The zero-order chi connectivity index (χ0) is 72.2. The van der Waals surface area contributed by atoms with Crippen LogP contribution in [0.15, 0.2) is 48.6 Å². The molecule has 1 saturated heterocycles. The Balaban J connectivity index is 1.31. The van der Waals surface area contributed by atoms with Gasteiger partial charge in [-0.05, 0) is 69.2 Å². The molecule has 5 amide bonds. The van der Waals surface area contributed by atoms with Crippen LogP contribution in [-0.4, -0.2) is 291 Å². The van der Waals surface area contributed by atoms with Crippen LogP contribution in [0.2, 0.25) is 0 Å². The number of imidazole rings is 1. The molecule has 1 aromatic carbocycles. The fourth-order valence-corrected chi connectivity index (χ4v) is 10.7. The maximum absolute atomic E-state index is 13.5. The summed E-state index contributed by atoms with van der Waals surface area (Å²) >= 11 is 0. The summed E-state index contributed by atoms with van der Waals surface area (Å²) in [7, 11) is 0. The number of unbranched alkanes of at least 4 members (excludes halogenated alkanes) is 3. The second-order valence-corrected chi connectivity index (χ2v) is 23.7. The van der Waals surface area contributed by atoms with Crippen molar-refractivity contribution in [2.24, 2.45) is 0 Å². The van der Waals surface area contributed by atoms with E-state index in [2.05, 4.69) is 42.5 Å². The standard InChI is InChI=1S/C60H91N15O23/c76-47(62-15-4-3-7-44(57(93)94)64-59(97)65-45(58(95)96)13-14-50(79)80)8-2-1-5-18-73(34-46-61-17-20-74(46)36-49(78)66-60(29-51(81)82,30-52(83)84)31-53(85)86)32-41-9-11-43(12-10-41)98-40-42-33-75(68-67-42)19-6-16-63-48(77)35-69-21-23-70(37-54(87)88)25-27-72(39-56(91)92)28-26-71(24-22-69)38-55(89)90/h9-12,17,20,33,44-45,67-68H,1-8,13-16,18-19,21-32,34-40H2,(H,62,76)(H,63,77)(H,66,78)(H,79,80)(H,81,82)(H,83,84)(H,85,86)(H,87,88)(H,89,90)(H,91,92)(H,93,94)(H,95,96)(H2,64,65,97)/t44-,45-/m0/s1. The molecule has 1 aromatic heterocycles. The summed E-state index contributed by atoms with van der Waals surface area (Å²) in [5, 5.41) is 99.0. The van der Waals surface area contributed by atoms with Gasteiger partial charge in [0.05, 0.1) is 63.2 Å². The number of ether oxygens (including phenoxy) is 1. The number of amides is 5. The Morgan fingerprint density at radius 1 is 0.541 bits per heavy atom. The highest BCUT2D eigenvalue weighted by atomic mass is 16.5. The summed E-state index contributed by atoms with van der Waals surface area (Å²) in [6, 6.07) is 3.21. The molecule has 544 valence electrons. The number of nitrogens with zero attached hydrogens (tertiary/aromatic N) is 8. The number of rotatable bonds is 46. The minimum absolute atomic E-state index is 0.0266. The van der Waals surface area contributed by atoms with Crippen molar-refractivity contribution < 1.29 is 113 Å². The Morgan fingerprint density at radius 3 is 1.58 bits per heavy atom. The van der Waals surface area contributed by atoms with Gasteiger partial charge in [-0.3, -0.25) is 77.5 Å². The fourth-order valence-electron chi connectivity index (χ4n) is 10.7. The Morgan fingerprint density at radius 2 is 1.06 bits per heavy atom. The summed E-state index contributed by atoms with van der Waals surface area (Å²) < 4.78 is 7.54. The van der Waals surface area contributed by atoms with Crippen molar-refractivity contribution in [1.29, 1.82) is 0 Å². The van der Waals surface area contributed by atoms with Crippen molar-refractivity contribution in [2.75, 3.05) is 111 Å². The van der Waals surface area contributed by atoms with Gasteiger partial charge in [0, 0.05) is 110 Å². The van der Waals surface area contributed by atoms with Crippen LogP contribution in [0.1, 0.15) is 94.9 Å². The van der Waals surface area contributed by atoms with Crippen molar-refractivity contribution >= 4 is 77.5 Å². The second-order valence-electron chi connectivity index (χ2n) is 23.7. The molecule has 1 fully saturated rings. The highest BCUT2D eigenvalue weighted by molar-refractivity contribution is 5.86. The smallest absolute Gasteiger partial charge is 0.326 e. The molecule has 3 heterocycles. The summed E-state index contributed by atoms with van der Waals surface area (Å²) in [4.78, 5) is 169. The molecule has 38 nitrogen and oxygen atoms in total. The molecule has 0 radical (unpaired) electrons. The van der Waals surface area contributed by atoms with E-state index in [1.807, 2.05) is 28.1 Å². The van der Waals surface area contributed by atoms with Crippen LogP contribution in [0.25, 0.3) is 0 Å². The Hall–Kier alpha value is -9.76. The molecule has 0 unspecified atom stereocenters. The predicted octanol–water partition coefficient (Wildman–Crippen LogP) is -2.39. The number of carboxylic acids is 9. The lowest BCUT2D eigenvalue weighted by Crippen LogP contribution is -2.53. The molecule has 98 heavy (non-hydrogen) atoms. The minimum atomic E-state index is -2.14. The lowest BCUT2D eigenvalue weighted by molar-refractivity contribution is -0.147. The molecule has 4 rings (SSSR count). The molecular weight excluding hydrogens is 1300 g/mol. The quantitative estimate of drug-likeness (QED) is 0.0308. The van der Waals surface area contributed by atoms with Gasteiger partial charge in [0.2, 0.25) is 17.7 Å². The van der Waals surface area contributed by atoms with Crippen LogP contribution in [0, 0.1) is 0 Å². The highest BCUT2D eigenvalue weighted by Crippen LogP contribution is 2.23. The monoisotopic (exact) mass is 1390 g/mol. The Kier molecular flexibility index (Phi) is 35.2. The topological polar surface area (TPSA) is 535 Å². The predicted molar refractivity (Wildman–Crippen MR) is 340 cm³/mol. The van der Waals surface area contributed by atoms with E-state index in [-0.39, 0.29) is 116 Å². The minimum Gasteiger partial charge on any atom is -0.487 e. The third kappa shape index (κ3) is 33.8. The first-order valence-corrected chi connectivity index (χ1v) is 31.8. The zero-order valence-electron chi connectivity index (χ0n) is 54.3. The summed E-state index contributed by atoms with van der Waals surface area (Å²) in [5.74, 6) is -12.4. The van der Waals surface area contributed by atoms with Crippen LogP contribution >= 0.6 is 0 Å². The summed E-state index contributed by atoms with van der Waals surface area (Å²) in [6.45, 7) is 2.86. The van der Waals surface area contributed by atoms with Crippen molar-refractivity contribution in [1.82, 2.24) is 76.6 Å². The molecule has 38 heteroatoms. The molecule has 0 aliphatic carbocycles. The second kappa shape index (κ2) is 42.7. The van der Waals surface area contributed by atoms with Crippen LogP contribution in [0.4, 0.5) is 4.79 Å². The molecule has 2 atom stereocenters. The molecule has 0 saturated carbocycles. The Bertz CT molecular complexity index is 2970. The number of hydrogen-bond donors (Lipinski definition) is 16. The zero-order valence-corrected chi connectivity index (χ0v) is 54.3. The fraction of sp³-hybridized carbons (Fsp3) is 0.600. The molecule has 16 N–H and O–H groups in total. The van der Waals surface area contributed by atoms with Gasteiger partial charge in [0.25, 0.3) is 0 Å². The van der Waals surface area contributed by atoms with Crippen molar-refractivity contribution in [3.8, 4) is 5.75 Å². The van der Waals surface area contributed by atoms with Gasteiger partial charge in [0.1, 0.15) is 36.8 Å². The third-order valence-corrected chi connectivity index (χ3v) is 15.5. The number of benzene rings is 1. The molecule has 2 aromatic rings. The van der Waals surface area contributed by atoms with Crippen LogP contribution in [0.3, 0.4) is 0 Å². The highest BCUT2D eigenvalue weighted by Gasteiger charge is 2.40. The van der Waals surface area contributed by atoms with Gasteiger partial charge in [-0.2, -0.15) is 0 Å². The van der Waals surface area contributed by atoms with E-state index in [1.54, 1.807) is 31.8 Å². The maximum atomic E-state index is 13.5. The van der Waals surface area contributed by atoms with Crippen LogP contribution in [0.5, 0.6) is 5.75 Å². The van der Waals surface area contributed by atoms with E-state index in [0.29, 0.717) is 88.6 Å². The van der Waals surface area contributed by atoms with Crippen molar-refractivity contribution in [3.05, 3.63) is 59.9 Å². The summed E-state index contributed by atoms with van der Waals surface area (Å²) in [5.41, 5.74) is 5.48. The van der Waals surface area contributed by atoms with E-state index in [9.17, 15) is 103 Å². The Labute approximate surface area is 563 Å². The van der Waals surface area contributed by atoms with E-state index >= 15 is 0 Å². The number of carbonyl (C=O) groups is 13. The number of hydrogen-bond acceptors (Lipinski definition) is 23. The average Bonchev–Trinajstić information content (AvgIpc) is 1.15. The first-order chi connectivity index (χ1) is 46.5. The number of carbonyl (C=O) groups excluding carboxylic acids is 4. The molecule has 2 aliphatic heterocycles. The number of aromatic nitrogens is 2. The lowest BCUT2D eigenvalue weighted by Gasteiger charge is -2.32. The largest absolute Gasteiger partial charge is 0.487 e. The SMILES string of the molecule is O=C(O)CC[C@H](NC(=O)N[C@@H](CCCCNC(=O)CCCCCN(Cc1ccc(OCC2=CN(CCCNC(=O)CN3CCN(CC(=O)O)CCN(CC(=O)O)CCN(CC(=O)O)CC3)NN2)cc1)Cc1nccn1CC(=O)NC(CC(=O)O)(CC(=O)O)CC(=O)O)C(=O)O)C(=O)O. The first kappa shape index (κ1) is 80.7. The molecule has 0 bridgehead atoms. The van der Waals surface area contributed by atoms with Gasteiger partial charge in [0.15, 0.2) is 0 Å². The van der Waals surface area contributed by atoms with Gasteiger partial charge in [-0.25, -0.2) is 19.4 Å². The summed E-state index contributed by atoms with van der Waals surface area (Å²) in [6.07, 6.45) is 3.71. The molecular formula is C60H91N15O23. The van der Waals surface area contributed by atoms with Crippen molar-refractivity contribution in [3.63, 3.8) is 0 Å². The van der Waals surface area contributed by atoms with Gasteiger partial charge >= 0.3 is 59.8 Å². The number of carboxylic acid groups (broad SMARTS) is 9. The van der Waals surface area contributed by atoms with Crippen molar-refractivity contribution in [2.45, 2.75) is 121 Å². The lowest BCUT2D eigenvalue weighted by atomic mass is 9.87. The molecule has 2 aliphatic rings. The first-order valence-electron chi connectivity index (χ1n) is 31.8. The number of nitrogens with one attached hydrogen (secondary N) is 7. The average molecular weight is 1390 g/mol. The number of urea groups is 1. The van der Waals surface area contributed by atoms with Gasteiger partial charge in [-0.1, -0.05) is 18.6 Å². The normalized spacial score (nSPS) is 15.0. The van der Waals surface area contributed by atoms with Gasteiger partial charge in [-0.15, -0.1) is 5.53 Å². The third-order valence-electron chi connectivity index (χ3n) is 15.5.